The van der Waals surface area contributed by atoms with Crippen molar-refractivity contribution in [2.24, 2.45) is 0 Å². The number of hydrogen-bond acceptors (Lipinski definition) is 10. The first-order chi connectivity index (χ1) is 16.3. The van der Waals surface area contributed by atoms with E-state index in [1.165, 1.54) is 34.1 Å². The van der Waals surface area contributed by atoms with Crippen LogP contribution in [0.5, 0.6) is 28.7 Å². The molecule has 0 N–H and O–H groups in total. The zero-order valence-corrected chi connectivity index (χ0v) is 18.9. The van der Waals surface area contributed by atoms with Gasteiger partial charge in [0.05, 0.1) is 14.2 Å². The van der Waals surface area contributed by atoms with Gasteiger partial charge in [-0.25, -0.2) is 4.79 Å². The highest BCUT2D eigenvalue weighted by Crippen LogP contribution is 2.50. The van der Waals surface area contributed by atoms with Gasteiger partial charge in [-0.15, -0.1) is 0 Å². The molecule has 0 saturated heterocycles. The summed E-state index contributed by atoms with van der Waals surface area (Å²) in [6.07, 6.45) is -1.60. The number of benzene rings is 2. The van der Waals surface area contributed by atoms with Gasteiger partial charge in [-0.3, -0.25) is 9.59 Å². The summed E-state index contributed by atoms with van der Waals surface area (Å²) in [4.78, 5) is 34.8. The van der Waals surface area contributed by atoms with Crippen LogP contribution in [0, 0.1) is 0 Å². The lowest BCUT2D eigenvalue weighted by Crippen LogP contribution is -2.37. The molecule has 2 aromatic carbocycles. The average Bonchev–Trinajstić information content (AvgIpc) is 2.81. The number of carbonyl (C=O) groups excluding carboxylic acids is 2. The molecular weight excluding hydrogens is 448 g/mol. The van der Waals surface area contributed by atoms with Gasteiger partial charge in [0, 0.05) is 30.9 Å². The van der Waals surface area contributed by atoms with E-state index in [4.69, 9.17) is 32.8 Å². The van der Waals surface area contributed by atoms with Crippen molar-refractivity contribution in [3.05, 3.63) is 52.4 Å². The minimum atomic E-state index is -0.818. The molecule has 1 aromatic heterocycles. The predicted molar refractivity (Wildman–Crippen MR) is 118 cm³/mol. The Morgan fingerprint density at radius 3 is 2.32 bits per heavy atom. The van der Waals surface area contributed by atoms with Crippen molar-refractivity contribution in [1.82, 2.24) is 0 Å². The van der Waals surface area contributed by atoms with Gasteiger partial charge >= 0.3 is 17.6 Å². The Kier molecular flexibility index (Phi) is 6.31. The zero-order valence-electron chi connectivity index (χ0n) is 18.9. The van der Waals surface area contributed by atoms with Crippen molar-refractivity contribution in [2.45, 2.75) is 26.1 Å². The van der Waals surface area contributed by atoms with Gasteiger partial charge in [-0.1, -0.05) is 6.07 Å². The van der Waals surface area contributed by atoms with Crippen molar-refractivity contribution in [3.8, 4) is 28.7 Å². The van der Waals surface area contributed by atoms with Gasteiger partial charge < -0.3 is 32.8 Å². The summed E-state index contributed by atoms with van der Waals surface area (Å²) in [7, 11) is 2.91. The molecule has 1 aliphatic rings. The van der Waals surface area contributed by atoms with Crippen molar-refractivity contribution in [2.75, 3.05) is 20.8 Å². The molecule has 1 unspecified atom stereocenters. The number of methoxy groups -OCH3 is 2. The zero-order chi connectivity index (χ0) is 24.4. The fourth-order valence-corrected chi connectivity index (χ4v) is 3.63. The second kappa shape index (κ2) is 9.34. The lowest BCUT2D eigenvalue weighted by molar-refractivity contribution is -0.145. The van der Waals surface area contributed by atoms with E-state index in [-0.39, 0.29) is 29.4 Å². The summed E-state index contributed by atoms with van der Waals surface area (Å²) in [5, 5.41) is 0.566. The Balaban J connectivity index is 1.83. The Bertz CT molecular complexity index is 1310. The quantitative estimate of drug-likeness (QED) is 0.302. The van der Waals surface area contributed by atoms with Gasteiger partial charge in [0.1, 0.15) is 6.61 Å². The van der Waals surface area contributed by atoms with Crippen molar-refractivity contribution < 1.29 is 42.4 Å². The first-order valence-corrected chi connectivity index (χ1v) is 10.3. The van der Waals surface area contributed by atoms with Crippen LogP contribution in [0.3, 0.4) is 0 Å². The van der Waals surface area contributed by atoms with Gasteiger partial charge in [0.2, 0.25) is 11.5 Å². The van der Waals surface area contributed by atoms with E-state index in [0.29, 0.717) is 22.4 Å². The summed E-state index contributed by atoms with van der Waals surface area (Å²) in [5.41, 5.74) is 0.206. The molecule has 2 atom stereocenters. The summed E-state index contributed by atoms with van der Waals surface area (Å²) < 4.78 is 39.1. The second-order valence-corrected chi connectivity index (χ2v) is 7.41. The maximum absolute atomic E-state index is 11.9. The van der Waals surface area contributed by atoms with Crippen molar-refractivity contribution in [1.29, 1.82) is 0 Å². The van der Waals surface area contributed by atoms with E-state index < -0.39 is 29.8 Å². The Morgan fingerprint density at radius 2 is 1.65 bits per heavy atom. The van der Waals surface area contributed by atoms with Crippen LogP contribution >= 0.6 is 0 Å². The number of esters is 2. The Labute approximate surface area is 193 Å². The molecule has 10 nitrogen and oxygen atoms in total. The third-order valence-corrected chi connectivity index (χ3v) is 5.08. The van der Waals surface area contributed by atoms with Crippen LogP contribution < -0.4 is 29.3 Å². The summed E-state index contributed by atoms with van der Waals surface area (Å²) in [5.74, 6) is 0.264. The smallest absolute Gasteiger partial charge is 0.336 e. The summed E-state index contributed by atoms with van der Waals surface area (Å²) >= 11 is 0. The highest BCUT2D eigenvalue weighted by atomic mass is 16.6. The topological polar surface area (TPSA) is 120 Å². The van der Waals surface area contributed by atoms with Gasteiger partial charge in [0.25, 0.3) is 0 Å². The predicted octanol–water partition coefficient (Wildman–Crippen LogP) is 3.18. The molecule has 0 spiro atoms. The van der Waals surface area contributed by atoms with E-state index in [1.54, 1.807) is 30.3 Å². The van der Waals surface area contributed by atoms with E-state index in [9.17, 15) is 14.4 Å². The molecule has 0 radical (unpaired) electrons. The summed E-state index contributed by atoms with van der Waals surface area (Å²) in [6.45, 7) is 2.41. The molecule has 1 aliphatic heterocycles. The molecular formula is C24H22O10. The number of ether oxygens (including phenoxy) is 6. The van der Waals surface area contributed by atoms with Gasteiger partial charge in [0.15, 0.2) is 35.0 Å². The first-order valence-electron chi connectivity index (χ1n) is 10.3. The SMILES string of the molecule is COc1cc(C2Oc3c(OC)cc4ccc(=O)oc4c3O[C@@H]2COC(C)=O)ccc1OC(C)=O. The highest BCUT2D eigenvalue weighted by Gasteiger charge is 2.38. The first kappa shape index (κ1) is 23.0. The maximum Gasteiger partial charge on any atom is 0.336 e. The van der Waals surface area contributed by atoms with E-state index in [0.717, 1.165) is 0 Å². The molecule has 0 fully saturated rings. The Hall–Kier alpha value is -4.21. The average molecular weight is 470 g/mol. The largest absolute Gasteiger partial charge is 0.493 e. The fraction of sp³-hybridized carbons (Fsp3) is 0.292. The van der Waals surface area contributed by atoms with Crippen LogP contribution in [0.4, 0.5) is 0 Å². The molecule has 2 heterocycles. The number of fused-ring (bicyclic) bond motifs is 3. The Morgan fingerprint density at radius 1 is 0.882 bits per heavy atom. The fourth-order valence-electron chi connectivity index (χ4n) is 3.63. The standard InChI is InChI=1S/C24H22O10/c1-12(25)30-11-19-21(14-5-7-16(31-13(2)26)17(9-14)28-3)34-23-18(29-4)10-15-6-8-20(27)33-22(15)24(23)32-19/h5-10,19,21H,11H2,1-4H3/t19-,21?/m1/s1. The molecule has 0 amide bonds. The molecule has 0 saturated carbocycles. The molecule has 4 rings (SSSR count). The third kappa shape index (κ3) is 4.47. The second-order valence-electron chi connectivity index (χ2n) is 7.41. The molecule has 10 heteroatoms. The number of rotatable bonds is 6. The minimum Gasteiger partial charge on any atom is -0.493 e. The van der Waals surface area contributed by atoms with E-state index >= 15 is 0 Å². The minimum absolute atomic E-state index is 0.150. The van der Waals surface area contributed by atoms with Crippen LogP contribution in [0.15, 0.2) is 45.6 Å². The summed E-state index contributed by atoms with van der Waals surface area (Å²) in [6, 6.07) is 9.40. The van der Waals surface area contributed by atoms with E-state index in [1.807, 2.05) is 0 Å². The highest BCUT2D eigenvalue weighted by molar-refractivity contribution is 5.88. The molecule has 34 heavy (non-hydrogen) atoms. The third-order valence-electron chi connectivity index (χ3n) is 5.08. The lowest BCUT2D eigenvalue weighted by Gasteiger charge is -2.34. The van der Waals surface area contributed by atoms with E-state index in [2.05, 4.69) is 0 Å². The molecule has 0 aliphatic carbocycles. The monoisotopic (exact) mass is 470 g/mol. The maximum atomic E-state index is 11.9. The molecule has 0 bridgehead atoms. The lowest BCUT2D eigenvalue weighted by atomic mass is 10.0. The van der Waals surface area contributed by atoms with Crippen molar-refractivity contribution >= 4 is 22.9 Å². The van der Waals surface area contributed by atoms with Gasteiger partial charge in [-0.05, 0) is 24.3 Å². The normalized spacial score (nSPS) is 16.6. The number of hydrogen-bond donors (Lipinski definition) is 0. The van der Waals surface area contributed by atoms with Crippen molar-refractivity contribution in [3.63, 3.8) is 0 Å². The molecule has 178 valence electrons. The van der Waals surface area contributed by atoms with Crippen LogP contribution in [-0.4, -0.2) is 38.9 Å². The van der Waals surface area contributed by atoms with Crippen LogP contribution in [0.1, 0.15) is 25.5 Å². The molecule has 3 aromatic rings. The van der Waals surface area contributed by atoms with Crippen LogP contribution in [0.25, 0.3) is 11.0 Å². The number of carbonyl (C=O) groups is 2. The van der Waals surface area contributed by atoms with Gasteiger partial charge in [-0.2, -0.15) is 0 Å². The van der Waals surface area contributed by atoms with Crippen LogP contribution in [0.2, 0.25) is 0 Å². The van der Waals surface area contributed by atoms with Crippen LogP contribution in [-0.2, 0) is 14.3 Å².